The van der Waals surface area contributed by atoms with Crippen molar-refractivity contribution >= 4 is 43.2 Å². The molecule has 0 saturated heterocycles. The van der Waals surface area contributed by atoms with Gasteiger partial charge in [-0.25, -0.2) is 4.79 Å². The SMILES string of the molecule is CC(N)CCO.C[C@@H](N)CCO.C[C@@H](N)CCO.II.O=C(O)[C@@H](O)c1ccccc1.[CH2-]C.[V]. The van der Waals surface area contributed by atoms with Crippen molar-refractivity contribution in [3.8, 4) is 0 Å². The number of aliphatic hydroxyl groups is 4. The van der Waals surface area contributed by atoms with Crippen molar-refractivity contribution in [2.75, 3.05) is 19.8 Å². The molecule has 0 amide bonds. The first kappa shape index (κ1) is 47.6. The number of hydrogen-bond acceptors (Lipinski definition) is 8. The van der Waals surface area contributed by atoms with Crippen LogP contribution < -0.4 is 17.2 Å². The fourth-order valence-electron chi connectivity index (χ4n) is 1.39. The summed E-state index contributed by atoms with van der Waals surface area (Å²) in [5, 5.41) is 41.9. The van der Waals surface area contributed by atoms with Gasteiger partial charge in [0.2, 0.25) is 0 Å². The van der Waals surface area contributed by atoms with Crippen LogP contribution in [0.25, 0.3) is 0 Å². The molecule has 12 heteroatoms. The van der Waals surface area contributed by atoms with Crippen molar-refractivity contribution in [3.63, 3.8) is 0 Å². The fraction of sp³-hybridized carbons (Fsp3) is 0.636. The number of benzene rings is 1. The Morgan fingerprint density at radius 1 is 0.824 bits per heavy atom. The molecule has 1 unspecified atom stereocenters. The topological polar surface area (TPSA) is 196 Å². The van der Waals surface area contributed by atoms with Crippen LogP contribution in [0, 0.1) is 6.92 Å². The van der Waals surface area contributed by atoms with Gasteiger partial charge in [-0.2, -0.15) is 6.92 Å². The van der Waals surface area contributed by atoms with Crippen molar-refractivity contribution in [2.45, 2.75) is 71.2 Å². The summed E-state index contributed by atoms with van der Waals surface area (Å²) in [4.78, 5) is 10.2. The zero-order valence-corrected chi connectivity index (χ0v) is 26.4. The van der Waals surface area contributed by atoms with Gasteiger partial charge in [0.05, 0.1) is 0 Å². The Hall–Kier alpha value is 0.454. The molecule has 11 N–H and O–H groups in total. The molecule has 205 valence electrons. The fourth-order valence-corrected chi connectivity index (χ4v) is 1.39. The number of hydrogen-bond donors (Lipinski definition) is 8. The van der Waals surface area contributed by atoms with E-state index in [4.69, 9.17) is 42.7 Å². The van der Waals surface area contributed by atoms with E-state index < -0.39 is 12.1 Å². The number of aliphatic hydroxyl groups excluding tert-OH is 4. The van der Waals surface area contributed by atoms with Crippen LogP contribution in [0.4, 0.5) is 0 Å². The van der Waals surface area contributed by atoms with E-state index in [9.17, 15) is 4.79 Å². The van der Waals surface area contributed by atoms with Gasteiger partial charge in [-0.05, 0) is 45.6 Å². The van der Waals surface area contributed by atoms with E-state index in [-0.39, 0.29) is 56.5 Å². The van der Waals surface area contributed by atoms with E-state index in [1.165, 1.54) is 0 Å². The predicted molar refractivity (Wildman–Crippen MR) is 154 cm³/mol. The standard InChI is InChI=1S/C8H8O3.3C4H11NO.C2H5.I2.V/c9-7(8(10)11)6-4-2-1-3-5-6;3*1-4(5)2-3-6;2*1-2;/h1-5,7,9H,(H,10,11);3*4,6H,2-3,5H2,1H3;1H2,2H3;;/q;;;;-1;;/t7-;2*4-;;;;/m011..../s1. The third kappa shape index (κ3) is 49.6. The van der Waals surface area contributed by atoms with Crippen LogP contribution in [0.5, 0.6) is 0 Å². The zero-order chi connectivity index (χ0) is 27.2. The molecule has 0 heterocycles. The summed E-state index contributed by atoms with van der Waals surface area (Å²) in [5.74, 6) is -1.23. The van der Waals surface area contributed by atoms with Crippen LogP contribution in [0.2, 0.25) is 0 Å². The maximum atomic E-state index is 10.2. The van der Waals surface area contributed by atoms with Gasteiger partial charge in [0.15, 0.2) is 6.10 Å². The minimum Gasteiger partial charge on any atom is -0.479 e. The number of aliphatic carboxylic acids is 1. The summed E-state index contributed by atoms with van der Waals surface area (Å²) in [5.41, 5.74) is 16.1. The zero-order valence-electron chi connectivity index (χ0n) is 20.7. The molecule has 4 atom stereocenters. The summed E-state index contributed by atoms with van der Waals surface area (Å²) in [6, 6.07) is 8.71. The predicted octanol–water partition coefficient (Wildman–Crippen LogP) is 2.56. The number of rotatable bonds is 8. The third-order valence-electron chi connectivity index (χ3n) is 3.10. The molecule has 9 nitrogen and oxygen atoms in total. The first-order valence-electron chi connectivity index (χ1n) is 10.4. The molecule has 0 aliphatic heterocycles. The van der Waals surface area contributed by atoms with Crippen LogP contribution in [0.1, 0.15) is 58.6 Å². The summed E-state index contributed by atoms with van der Waals surface area (Å²) in [6.07, 6.45) is 0.719. The molecule has 0 aromatic heterocycles. The number of carboxylic acids is 1. The van der Waals surface area contributed by atoms with Gasteiger partial charge >= 0.3 is 5.97 Å². The number of nitrogens with two attached hydrogens (primary N) is 3. The smallest absolute Gasteiger partial charge is 0.337 e. The molecule has 1 radical (unpaired) electrons. The maximum absolute atomic E-state index is 10.2. The normalized spacial score (nSPS) is 12.1. The van der Waals surface area contributed by atoms with Gasteiger partial charge < -0.3 is 49.7 Å². The Kier molecular flexibility index (Phi) is 56.9. The minimum absolute atomic E-state index is 0. The average molecular weight is 753 g/mol. The Labute approximate surface area is 241 Å². The van der Waals surface area contributed by atoms with Gasteiger partial charge in [0.1, 0.15) is 0 Å². The van der Waals surface area contributed by atoms with Gasteiger partial charge in [0.25, 0.3) is 0 Å². The number of halogens is 2. The van der Waals surface area contributed by atoms with Gasteiger partial charge in [0, 0.05) is 93.7 Å². The first-order chi connectivity index (χ1) is 15.5. The number of carbonyl (C=O) groups is 1. The van der Waals surface area contributed by atoms with E-state index in [0.717, 1.165) is 0 Å². The molecule has 0 aliphatic rings. The van der Waals surface area contributed by atoms with Crippen molar-refractivity contribution < 1.29 is 48.9 Å². The Morgan fingerprint density at radius 3 is 1.24 bits per heavy atom. The minimum atomic E-state index is -1.41. The molecule has 1 aromatic rings. The molecule has 1 rings (SSSR count). The summed E-state index contributed by atoms with van der Waals surface area (Å²) >= 11 is 4.24. The van der Waals surface area contributed by atoms with Gasteiger partial charge in [-0.1, -0.05) is 30.3 Å². The van der Waals surface area contributed by atoms with Crippen LogP contribution in [-0.4, -0.2) is 69.4 Å². The molecule has 1 aromatic carbocycles. The molecule has 0 spiro atoms. The third-order valence-corrected chi connectivity index (χ3v) is 3.10. The summed E-state index contributed by atoms with van der Waals surface area (Å²) in [6.45, 7) is 11.2. The largest absolute Gasteiger partial charge is 0.479 e. The summed E-state index contributed by atoms with van der Waals surface area (Å²) < 4.78 is 0. The Bertz CT molecular complexity index is 453. The van der Waals surface area contributed by atoms with Gasteiger partial charge in [-0.15, -0.1) is 0 Å². The monoisotopic (exact) mass is 753 g/mol. The molecular formula is C22H46I2N3O6V-. The van der Waals surface area contributed by atoms with E-state index >= 15 is 0 Å². The Balaban J connectivity index is -0.0000000754. The second-order valence-electron chi connectivity index (χ2n) is 6.62. The maximum Gasteiger partial charge on any atom is 0.337 e. The molecule has 0 bridgehead atoms. The Morgan fingerprint density at radius 2 is 1.09 bits per heavy atom. The molecule has 0 fully saturated rings. The quantitative estimate of drug-likeness (QED) is 0.145. The second-order valence-corrected chi connectivity index (χ2v) is 6.62. The average Bonchev–Trinajstić information content (AvgIpc) is 2.77. The van der Waals surface area contributed by atoms with Crippen LogP contribution in [0.3, 0.4) is 0 Å². The van der Waals surface area contributed by atoms with Crippen molar-refractivity contribution in [2.24, 2.45) is 17.2 Å². The molecule has 0 aliphatic carbocycles. The van der Waals surface area contributed by atoms with Crippen LogP contribution in [0.15, 0.2) is 30.3 Å². The van der Waals surface area contributed by atoms with E-state index in [0.29, 0.717) is 24.8 Å². The first-order valence-corrected chi connectivity index (χ1v) is 16.7. The van der Waals surface area contributed by atoms with E-state index in [1.54, 1.807) is 37.3 Å². The van der Waals surface area contributed by atoms with E-state index in [1.807, 2.05) is 20.8 Å². The van der Waals surface area contributed by atoms with Crippen molar-refractivity contribution in [1.29, 1.82) is 0 Å². The molecule has 34 heavy (non-hydrogen) atoms. The second kappa shape index (κ2) is 40.6. The molecule has 0 saturated carbocycles. The molecular weight excluding hydrogens is 707 g/mol. The van der Waals surface area contributed by atoms with Crippen LogP contribution in [-0.2, 0) is 23.4 Å². The number of carboxylic acid groups (broad SMARTS) is 1. The van der Waals surface area contributed by atoms with Crippen LogP contribution >= 0.6 is 37.2 Å². The van der Waals surface area contributed by atoms with E-state index in [2.05, 4.69) is 44.2 Å². The van der Waals surface area contributed by atoms with Gasteiger partial charge in [-0.3, -0.25) is 0 Å². The summed E-state index contributed by atoms with van der Waals surface area (Å²) in [7, 11) is 0. The van der Waals surface area contributed by atoms with Crippen molar-refractivity contribution in [3.05, 3.63) is 42.8 Å². The van der Waals surface area contributed by atoms with Crippen molar-refractivity contribution in [1.82, 2.24) is 0 Å².